The van der Waals surface area contributed by atoms with E-state index >= 15 is 0 Å². The Balaban J connectivity index is 0.00000256. The maximum absolute atomic E-state index is 3.92. The Hall–Kier alpha value is -2.63. The van der Waals surface area contributed by atoms with Gasteiger partial charge in [-0.2, -0.15) is 4.57 Å². The van der Waals surface area contributed by atoms with Gasteiger partial charge in [0.1, 0.15) is 4.70 Å². The Bertz CT molecular complexity index is 1180. The van der Waals surface area contributed by atoms with Crippen molar-refractivity contribution >= 4 is 39.4 Å². The van der Waals surface area contributed by atoms with Crippen LogP contribution in [0.25, 0.3) is 33.6 Å². The second-order valence-electron chi connectivity index (χ2n) is 7.28. The van der Waals surface area contributed by atoms with Gasteiger partial charge in [-0.15, -0.1) is 0 Å². The molecule has 0 amide bonds. The lowest BCUT2D eigenvalue weighted by atomic mass is 10.1. The van der Waals surface area contributed by atoms with Gasteiger partial charge in [0, 0.05) is 50.4 Å². The van der Waals surface area contributed by atoms with Gasteiger partial charge in [-0.1, -0.05) is 42.2 Å². The van der Waals surface area contributed by atoms with E-state index in [2.05, 4.69) is 115 Å². The smallest absolute Gasteiger partial charge is 0.263 e. The first kappa shape index (κ1) is 22.1. The quantitative estimate of drug-likeness (QED) is 0.305. The van der Waals surface area contributed by atoms with Crippen molar-refractivity contribution in [3.8, 4) is 11.3 Å². The van der Waals surface area contributed by atoms with Crippen LogP contribution in [-0.4, -0.2) is 18.7 Å². The van der Waals surface area contributed by atoms with Crippen molar-refractivity contribution in [2.45, 2.75) is 6.54 Å². The molecule has 0 fully saturated rings. The molecule has 0 atom stereocenters. The fourth-order valence-electron chi connectivity index (χ4n) is 3.57. The number of allylic oxidation sites excluding steroid dienone is 1. The molecule has 154 valence electrons. The molecule has 0 saturated heterocycles. The van der Waals surface area contributed by atoms with Crippen LogP contribution in [0.3, 0.4) is 0 Å². The zero-order valence-electron chi connectivity index (χ0n) is 17.5. The minimum Gasteiger partial charge on any atom is -1.00 e. The van der Waals surface area contributed by atoms with Gasteiger partial charge in [-0.05, 0) is 48.0 Å². The van der Waals surface area contributed by atoms with Crippen molar-refractivity contribution in [1.29, 1.82) is 0 Å². The lowest BCUT2D eigenvalue weighted by molar-refractivity contribution is -0.658. The van der Waals surface area contributed by atoms with E-state index in [0.717, 1.165) is 6.54 Å². The van der Waals surface area contributed by atoms with Gasteiger partial charge in [0.2, 0.25) is 5.52 Å². The van der Waals surface area contributed by atoms with E-state index in [1.165, 1.54) is 37.9 Å². The van der Waals surface area contributed by atoms with E-state index in [4.69, 9.17) is 0 Å². The van der Waals surface area contributed by atoms with Crippen LogP contribution >= 0.6 is 11.3 Å². The molecule has 4 rings (SSSR count). The van der Waals surface area contributed by atoms with E-state index in [0.29, 0.717) is 0 Å². The summed E-state index contributed by atoms with van der Waals surface area (Å²) in [5, 5.41) is 1.23. The molecule has 3 nitrogen and oxygen atoms in total. The maximum Gasteiger partial charge on any atom is 0.263 e. The molecule has 0 radical (unpaired) electrons. The second kappa shape index (κ2) is 9.45. The molecule has 0 unspecified atom stereocenters. The van der Waals surface area contributed by atoms with Crippen molar-refractivity contribution < 1.29 is 21.5 Å². The molecule has 0 spiro atoms. The van der Waals surface area contributed by atoms with E-state index in [1.807, 2.05) is 17.4 Å². The molecule has 0 aliphatic rings. The molecule has 2 aromatic heterocycles. The Labute approximate surface area is 193 Å². The van der Waals surface area contributed by atoms with Crippen molar-refractivity contribution in [1.82, 2.24) is 4.57 Å². The molecule has 0 aliphatic heterocycles. The summed E-state index contributed by atoms with van der Waals surface area (Å²) in [4.78, 5) is 2.12. The summed E-state index contributed by atoms with van der Waals surface area (Å²) in [6, 6.07) is 21.6. The molecule has 5 heteroatoms. The van der Waals surface area contributed by atoms with Crippen LogP contribution in [0.1, 0.15) is 10.7 Å². The summed E-state index contributed by atoms with van der Waals surface area (Å²) in [6.07, 6.45) is 6.36. The Morgan fingerprint density at radius 1 is 1.00 bits per heavy atom. The summed E-state index contributed by atoms with van der Waals surface area (Å²) in [5.41, 5.74) is 6.08. The number of hydrogen-bond acceptors (Lipinski definition) is 2. The number of aromatic nitrogens is 2. The van der Waals surface area contributed by atoms with Gasteiger partial charge in [0.15, 0.2) is 6.54 Å². The number of nitrogens with zero attached hydrogens (tertiary/aromatic N) is 3. The predicted octanol–water partition coefficient (Wildman–Crippen LogP) is 2.62. The monoisotopic (exact) mass is 479 g/mol. The van der Waals surface area contributed by atoms with Crippen LogP contribution in [0.5, 0.6) is 0 Å². The number of para-hydroxylation sites is 1. The average Bonchev–Trinajstić information content (AvgIpc) is 3.27. The topological polar surface area (TPSA) is 12.1 Å². The van der Waals surface area contributed by atoms with Gasteiger partial charge < -0.3 is 26.4 Å². The third kappa shape index (κ3) is 4.27. The van der Waals surface area contributed by atoms with Gasteiger partial charge in [-0.25, -0.2) is 0 Å². The number of anilines is 1. The molecular weight excluding hydrogens is 454 g/mol. The lowest BCUT2D eigenvalue weighted by Gasteiger charge is -2.13. The highest BCUT2D eigenvalue weighted by molar-refractivity contribution is 7.18. The van der Waals surface area contributed by atoms with Crippen molar-refractivity contribution in [3.05, 3.63) is 84.0 Å². The Morgan fingerprint density at radius 3 is 2.43 bits per heavy atom. The SMILES string of the molecule is C=CC[n+]1c(/C=C/c2ccc(-c3ccc(N(C)C)cc3)n2C)sc2ccccc21.[Br-]. The molecule has 30 heavy (non-hydrogen) atoms. The molecule has 0 aliphatic carbocycles. The normalized spacial score (nSPS) is 11.0. The van der Waals surface area contributed by atoms with E-state index in [9.17, 15) is 0 Å². The van der Waals surface area contributed by atoms with Crippen LogP contribution < -0.4 is 26.4 Å². The minimum atomic E-state index is 0. The zero-order chi connectivity index (χ0) is 20.4. The second-order valence-corrected chi connectivity index (χ2v) is 8.35. The molecule has 0 bridgehead atoms. The molecule has 0 saturated carbocycles. The highest BCUT2D eigenvalue weighted by atomic mass is 79.9. The fraction of sp³-hybridized carbons (Fsp3) is 0.160. The average molecular weight is 480 g/mol. The fourth-order valence-corrected chi connectivity index (χ4v) is 4.64. The highest BCUT2D eigenvalue weighted by Gasteiger charge is 2.16. The van der Waals surface area contributed by atoms with Crippen LogP contribution in [0.2, 0.25) is 0 Å². The van der Waals surface area contributed by atoms with Crippen molar-refractivity contribution in [3.63, 3.8) is 0 Å². The van der Waals surface area contributed by atoms with Gasteiger partial charge in [0.05, 0.1) is 0 Å². The first-order chi connectivity index (χ1) is 14.1. The zero-order valence-corrected chi connectivity index (χ0v) is 20.0. The standard InChI is InChI=1S/C25H26N3S.BrH/c1-5-18-28-23-8-6-7-9-24(23)29-25(28)17-15-21-14-16-22(27(21)4)19-10-12-20(13-11-19)26(2)3;/h5-17H,1,18H2,2-4H3;1H/q+1;/p-1. The Morgan fingerprint density at radius 2 is 1.73 bits per heavy atom. The third-order valence-corrected chi connectivity index (χ3v) is 6.32. The summed E-state index contributed by atoms with van der Waals surface area (Å²) in [7, 11) is 6.25. The molecular formula is C25H26BrN3S. The predicted molar refractivity (Wildman–Crippen MR) is 126 cm³/mol. The molecule has 0 N–H and O–H groups in total. The number of halogens is 1. The third-order valence-electron chi connectivity index (χ3n) is 5.19. The van der Waals surface area contributed by atoms with Crippen LogP contribution in [0.15, 0.2) is 73.3 Å². The summed E-state index contributed by atoms with van der Waals surface area (Å²) >= 11 is 1.81. The van der Waals surface area contributed by atoms with Crippen LogP contribution in [0.4, 0.5) is 5.69 Å². The molecule has 4 aromatic rings. The first-order valence-corrected chi connectivity index (χ1v) is 10.5. The molecule has 2 heterocycles. The van der Waals surface area contributed by atoms with Gasteiger partial charge >= 0.3 is 0 Å². The van der Waals surface area contributed by atoms with Crippen molar-refractivity contribution in [2.24, 2.45) is 7.05 Å². The highest BCUT2D eigenvalue weighted by Crippen LogP contribution is 2.26. The van der Waals surface area contributed by atoms with E-state index < -0.39 is 0 Å². The number of benzene rings is 2. The van der Waals surface area contributed by atoms with Gasteiger partial charge in [-0.3, -0.25) is 0 Å². The van der Waals surface area contributed by atoms with Crippen LogP contribution in [0, 0.1) is 0 Å². The maximum atomic E-state index is 3.92. The van der Waals surface area contributed by atoms with Gasteiger partial charge in [0.25, 0.3) is 5.01 Å². The largest absolute Gasteiger partial charge is 1.00 e. The number of rotatable bonds is 6. The lowest BCUT2D eigenvalue weighted by Crippen LogP contribution is -3.00. The Kier molecular flexibility index (Phi) is 6.95. The van der Waals surface area contributed by atoms with Crippen LogP contribution in [-0.2, 0) is 13.6 Å². The number of fused-ring (bicyclic) bond motifs is 1. The minimum absolute atomic E-state index is 0. The van der Waals surface area contributed by atoms with E-state index in [1.54, 1.807) is 0 Å². The number of thiazole rings is 1. The van der Waals surface area contributed by atoms with Crippen molar-refractivity contribution in [2.75, 3.05) is 19.0 Å². The number of hydrogen-bond donors (Lipinski definition) is 0. The summed E-state index contributed by atoms with van der Waals surface area (Å²) < 4.78 is 5.85. The van der Waals surface area contributed by atoms with E-state index in [-0.39, 0.29) is 17.0 Å². The summed E-state index contributed by atoms with van der Waals surface area (Å²) in [5.74, 6) is 0. The molecule has 2 aromatic carbocycles. The first-order valence-electron chi connectivity index (χ1n) is 9.72. The summed E-state index contributed by atoms with van der Waals surface area (Å²) in [6.45, 7) is 4.73.